The molecule has 0 saturated heterocycles. The molecule has 1 heterocycles. The standard InChI is InChI=1S/C22H23NO3/c1-15-18(21(24)25-22(2,3)4)19(16-11-7-5-8-12-16)20(23-26-15)17-13-9-6-10-14-17/h5-14,23H,1-4H3. The molecule has 134 valence electrons. The maximum atomic E-state index is 13.0. The molecule has 1 N–H and O–H groups in total. The topological polar surface area (TPSA) is 47.6 Å². The number of carbonyl (C=O) groups excluding carboxylic acids is 1. The summed E-state index contributed by atoms with van der Waals surface area (Å²) in [5.41, 5.74) is 6.20. The summed E-state index contributed by atoms with van der Waals surface area (Å²) in [5.74, 6) is 0.0848. The number of hydrogen-bond acceptors (Lipinski definition) is 4. The highest BCUT2D eigenvalue weighted by molar-refractivity contribution is 6.13. The van der Waals surface area contributed by atoms with Crippen LogP contribution in [0.5, 0.6) is 0 Å². The average Bonchev–Trinajstić information content (AvgIpc) is 2.61. The largest absolute Gasteiger partial charge is 0.456 e. The third-order valence-electron chi connectivity index (χ3n) is 3.89. The van der Waals surface area contributed by atoms with Gasteiger partial charge in [0.25, 0.3) is 0 Å². The zero-order chi connectivity index (χ0) is 18.7. The van der Waals surface area contributed by atoms with Crippen molar-refractivity contribution in [2.24, 2.45) is 0 Å². The molecule has 0 fully saturated rings. The molecule has 1 aliphatic heterocycles. The quantitative estimate of drug-likeness (QED) is 0.816. The monoisotopic (exact) mass is 349 g/mol. The molecule has 0 aliphatic carbocycles. The number of hydrogen-bond donors (Lipinski definition) is 1. The minimum absolute atomic E-state index is 0.399. The molecule has 0 unspecified atom stereocenters. The molecular weight excluding hydrogens is 326 g/mol. The number of carbonyl (C=O) groups is 1. The maximum absolute atomic E-state index is 13.0. The van der Waals surface area contributed by atoms with Crippen molar-refractivity contribution < 1.29 is 14.4 Å². The fourth-order valence-corrected chi connectivity index (χ4v) is 2.81. The van der Waals surface area contributed by atoms with Crippen LogP contribution in [0.4, 0.5) is 0 Å². The van der Waals surface area contributed by atoms with Crippen LogP contribution >= 0.6 is 0 Å². The molecule has 2 aromatic carbocycles. The minimum atomic E-state index is -0.593. The highest BCUT2D eigenvalue weighted by atomic mass is 16.7. The fraction of sp³-hybridized carbons (Fsp3) is 0.227. The zero-order valence-electron chi connectivity index (χ0n) is 15.5. The second-order valence-electron chi connectivity index (χ2n) is 7.12. The Morgan fingerprint density at radius 1 is 0.923 bits per heavy atom. The van der Waals surface area contributed by atoms with E-state index in [0.29, 0.717) is 11.3 Å². The zero-order valence-corrected chi connectivity index (χ0v) is 15.5. The summed E-state index contributed by atoms with van der Waals surface area (Å²) in [7, 11) is 0. The average molecular weight is 349 g/mol. The Morgan fingerprint density at radius 2 is 1.46 bits per heavy atom. The lowest BCUT2D eigenvalue weighted by atomic mass is 9.91. The van der Waals surface area contributed by atoms with Crippen LogP contribution in [0.15, 0.2) is 72.0 Å². The first kappa shape index (κ1) is 17.8. The van der Waals surface area contributed by atoms with E-state index in [0.717, 1.165) is 22.4 Å². The minimum Gasteiger partial charge on any atom is -0.456 e. The van der Waals surface area contributed by atoms with Crippen LogP contribution in [-0.2, 0) is 14.4 Å². The summed E-state index contributed by atoms with van der Waals surface area (Å²) < 4.78 is 5.64. The van der Waals surface area contributed by atoms with Crippen molar-refractivity contribution in [1.82, 2.24) is 5.48 Å². The third kappa shape index (κ3) is 3.80. The van der Waals surface area contributed by atoms with E-state index in [9.17, 15) is 4.79 Å². The number of rotatable bonds is 3. The van der Waals surface area contributed by atoms with E-state index in [1.807, 2.05) is 81.4 Å². The summed E-state index contributed by atoms with van der Waals surface area (Å²) >= 11 is 0. The van der Waals surface area contributed by atoms with E-state index in [1.54, 1.807) is 6.92 Å². The van der Waals surface area contributed by atoms with Crippen LogP contribution < -0.4 is 5.48 Å². The van der Waals surface area contributed by atoms with E-state index in [2.05, 4.69) is 5.48 Å². The molecule has 0 bridgehead atoms. The smallest absolute Gasteiger partial charge is 0.342 e. The Balaban J connectivity index is 2.20. The van der Waals surface area contributed by atoms with E-state index in [1.165, 1.54) is 0 Å². The van der Waals surface area contributed by atoms with Crippen molar-refractivity contribution in [3.63, 3.8) is 0 Å². The predicted molar refractivity (Wildman–Crippen MR) is 102 cm³/mol. The molecule has 0 amide bonds. The van der Waals surface area contributed by atoms with Crippen molar-refractivity contribution in [3.05, 3.63) is 83.1 Å². The molecule has 4 heteroatoms. The van der Waals surface area contributed by atoms with Gasteiger partial charge in [0.05, 0.1) is 5.70 Å². The van der Waals surface area contributed by atoms with Gasteiger partial charge in [0.1, 0.15) is 16.9 Å². The summed E-state index contributed by atoms with van der Waals surface area (Å²) in [6.45, 7) is 7.32. The summed E-state index contributed by atoms with van der Waals surface area (Å²) in [6.07, 6.45) is 0. The summed E-state index contributed by atoms with van der Waals surface area (Å²) in [4.78, 5) is 18.6. The summed E-state index contributed by atoms with van der Waals surface area (Å²) in [5, 5.41) is 0. The van der Waals surface area contributed by atoms with Crippen LogP contribution in [0.2, 0.25) is 0 Å². The Bertz CT molecular complexity index is 859. The van der Waals surface area contributed by atoms with Gasteiger partial charge >= 0.3 is 5.97 Å². The maximum Gasteiger partial charge on any atom is 0.342 e. The lowest BCUT2D eigenvalue weighted by Gasteiger charge is -2.28. The number of esters is 1. The van der Waals surface area contributed by atoms with Crippen molar-refractivity contribution in [1.29, 1.82) is 0 Å². The molecule has 0 spiro atoms. The Labute approximate surface area is 154 Å². The molecular formula is C22H23NO3. The molecule has 26 heavy (non-hydrogen) atoms. The molecule has 0 radical (unpaired) electrons. The van der Waals surface area contributed by atoms with E-state index in [4.69, 9.17) is 9.57 Å². The van der Waals surface area contributed by atoms with Gasteiger partial charge in [-0.2, -0.15) is 0 Å². The van der Waals surface area contributed by atoms with Crippen LogP contribution in [0.1, 0.15) is 38.8 Å². The van der Waals surface area contributed by atoms with Gasteiger partial charge in [-0.25, -0.2) is 10.3 Å². The van der Waals surface area contributed by atoms with Gasteiger partial charge in [-0.15, -0.1) is 0 Å². The van der Waals surface area contributed by atoms with Crippen molar-refractivity contribution in [3.8, 4) is 0 Å². The molecule has 0 atom stereocenters. The Morgan fingerprint density at radius 3 is 2.00 bits per heavy atom. The van der Waals surface area contributed by atoms with Crippen LogP contribution in [0.3, 0.4) is 0 Å². The van der Waals surface area contributed by atoms with E-state index >= 15 is 0 Å². The van der Waals surface area contributed by atoms with Gasteiger partial charge in [-0.05, 0) is 33.3 Å². The van der Waals surface area contributed by atoms with Gasteiger partial charge in [0, 0.05) is 11.1 Å². The van der Waals surface area contributed by atoms with Crippen LogP contribution in [0.25, 0.3) is 11.3 Å². The van der Waals surface area contributed by atoms with Crippen LogP contribution in [-0.4, -0.2) is 11.6 Å². The lowest BCUT2D eigenvalue weighted by molar-refractivity contribution is -0.149. The molecule has 3 rings (SSSR count). The third-order valence-corrected chi connectivity index (χ3v) is 3.89. The van der Waals surface area contributed by atoms with Gasteiger partial charge < -0.3 is 9.57 Å². The molecule has 0 aromatic heterocycles. The van der Waals surface area contributed by atoms with Gasteiger partial charge in [-0.1, -0.05) is 60.7 Å². The van der Waals surface area contributed by atoms with Crippen LogP contribution in [0, 0.1) is 0 Å². The second-order valence-corrected chi connectivity index (χ2v) is 7.12. The molecule has 4 nitrogen and oxygen atoms in total. The van der Waals surface area contributed by atoms with Gasteiger partial charge in [0.15, 0.2) is 0 Å². The van der Waals surface area contributed by atoms with Crippen molar-refractivity contribution in [2.75, 3.05) is 0 Å². The Kier molecular flexibility index (Phi) is 4.85. The first-order valence-electron chi connectivity index (χ1n) is 8.59. The second kappa shape index (κ2) is 7.08. The summed E-state index contributed by atoms with van der Waals surface area (Å²) in [6, 6.07) is 19.6. The SMILES string of the molecule is CC1=C(C(=O)OC(C)(C)C)C(c2ccccc2)=C(c2ccccc2)NO1. The number of allylic oxidation sites excluding steroid dienone is 1. The normalized spacial score (nSPS) is 14.6. The highest BCUT2D eigenvalue weighted by Gasteiger charge is 2.31. The number of nitrogens with one attached hydrogen (secondary N) is 1. The highest BCUT2D eigenvalue weighted by Crippen LogP contribution is 2.37. The van der Waals surface area contributed by atoms with Gasteiger partial charge in [0.2, 0.25) is 0 Å². The van der Waals surface area contributed by atoms with Crippen molar-refractivity contribution >= 4 is 17.2 Å². The van der Waals surface area contributed by atoms with E-state index in [-0.39, 0.29) is 0 Å². The number of hydroxylamine groups is 1. The van der Waals surface area contributed by atoms with Crippen molar-refractivity contribution in [2.45, 2.75) is 33.3 Å². The lowest BCUT2D eigenvalue weighted by Crippen LogP contribution is -2.29. The molecule has 0 saturated carbocycles. The Hall–Kier alpha value is -3.01. The molecule has 2 aromatic rings. The number of benzene rings is 2. The predicted octanol–water partition coefficient (Wildman–Crippen LogP) is 4.71. The first-order chi connectivity index (χ1) is 12.4. The van der Waals surface area contributed by atoms with Gasteiger partial charge in [-0.3, -0.25) is 0 Å². The molecule has 1 aliphatic rings. The number of ether oxygens (including phenoxy) is 1. The fourth-order valence-electron chi connectivity index (χ4n) is 2.81. The first-order valence-corrected chi connectivity index (χ1v) is 8.59. The van der Waals surface area contributed by atoms with E-state index < -0.39 is 11.6 Å².